The van der Waals surface area contributed by atoms with Gasteiger partial charge in [-0.05, 0) is 44.5 Å². The second-order valence-corrected chi connectivity index (χ2v) is 5.42. The van der Waals surface area contributed by atoms with Crippen LogP contribution in [-0.4, -0.2) is 28.8 Å². The first-order chi connectivity index (χ1) is 9.02. The third-order valence-electron chi connectivity index (χ3n) is 3.25. The van der Waals surface area contributed by atoms with Crippen LogP contribution in [0.1, 0.15) is 19.4 Å². The van der Waals surface area contributed by atoms with E-state index >= 15 is 0 Å². The third-order valence-corrected chi connectivity index (χ3v) is 3.25. The summed E-state index contributed by atoms with van der Waals surface area (Å²) < 4.78 is 0. The number of aliphatic hydroxyl groups excluding tert-OH is 1. The predicted octanol–water partition coefficient (Wildman–Crippen LogP) is 1.43. The molecule has 0 fully saturated rings. The van der Waals surface area contributed by atoms with Gasteiger partial charge in [-0.2, -0.15) is 0 Å². The lowest BCUT2D eigenvalue weighted by Gasteiger charge is -2.23. The average Bonchev–Trinajstić information content (AvgIpc) is 2.38. The molecule has 0 amide bonds. The molecule has 0 aliphatic rings. The number of benzene rings is 1. The minimum Gasteiger partial charge on any atom is -0.394 e. The van der Waals surface area contributed by atoms with Crippen LogP contribution in [0.3, 0.4) is 0 Å². The van der Waals surface area contributed by atoms with Gasteiger partial charge >= 0.3 is 0 Å². The van der Waals surface area contributed by atoms with Gasteiger partial charge in [0.25, 0.3) is 0 Å². The van der Waals surface area contributed by atoms with Crippen molar-refractivity contribution in [2.24, 2.45) is 0 Å². The van der Waals surface area contributed by atoms with Gasteiger partial charge in [0.05, 0.1) is 6.61 Å². The summed E-state index contributed by atoms with van der Waals surface area (Å²) in [6.07, 6.45) is 0.854. The van der Waals surface area contributed by atoms with Crippen LogP contribution in [0.4, 0.5) is 0 Å². The number of hydrogen-bond donors (Lipinski definition) is 3. The Morgan fingerprint density at radius 3 is 2.79 bits per heavy atom. The Bertz CT molecular complexity index is 617. The topological polar surface area (TPSA) is 65.1 Å². The van der Waals surface area contributed by atoms with E-state index in [-0.39, 0.29) is 17.7 Å². The SMILES string of the molecule is CC(C)(CO)NCCc1cccc2[nH]c(=O)ccc12. The Hall–Kier alpha value is -1.65. The minimum atomic E-state index is -0.265. The zero-order chi connectivity index (χ0) is 13.9. The molecule has 2 aromatic rings. The van der Waals surface area contributed by atoms with E-state index in [1.54, 1.807) is 6.07 Å². The number of nitrogens with one attached hydrogen (secondary N) is 2. The van der Waals surface area contributed by atoms with Crippen molar-refractivity contribution in [3.05, 3.63) is 46.2 Å². The molecule has 0 bridgehead atoms. The van der Waals surface area contributed by atoms with E-state index in [9.17, 15) is 9.90 Å². The molecule has 0 saturated heterocycles. The Balaban J connectivity index is 2.15. The Kier molecular flexibility index (Phi) is 4.02. The van der Waals surface area contributed by atoms with Crippen molar-refractivity contribution in [1.29, 1.82) is 0 Å². The predicted molar refractivity (Wildman–Crippen MR) is 77.4 cm³/mol. The van der Waals surface area contributed by atoms with Crippen LogP contribution < -0.4 is 10.9 Å². The highest BCUT2D eigenvalue weighted by atomic mass is 16.3. The van der Waals surface area contributed by atoms with E-state index in [4.69, 9.17) is 0 Å². The molecule has 0 atom stereocenters. The molecule has 4 nitrogen and oxygen atoms in total. The monoisotopic (exact) mass is 260 g/mol. The van der Waals surface area contributed by atoms with Gasteiger partial charge in [0, 0.05) is 22.5 Å². The van der Waals surface area contributed by atoms with Gasteiger partial charge in [-0.15, -0.1) is 0 Å². The number of aromatic nitrogens is 1. The standard InChI is InChI=1S/C15H20N2O2/c1-15(2,10-18)16-9-8-11-4-3-5-13-12(11)6-7-14(19)17-13/h3-7,16,18H,8-10H2,1-2H3,(H,17,19). The quantitative estimate of drug-likeness (QED) is 0.762. The summed E-state index contributed by atoms with van der Waals surface area (Å²) in [5.74, 6) is 0. The second kappa shape index (κ2) is 5.55. The van der Waals surface area contributed by atoms with Gasteiger partial charge in [0.15, 0.2) is 0 Å². The highest BCUT2D eigenvalue weighted by Gasteiger charge is 2.14. The van der Waals surface area contributed by atoms with Gasteiger partial charge < -0.3 is 15.4 Å². The molecule has 0 saturated carbocycles. The highest BCUT2D eigenvalue weighted by Crippen LogP contribution is 2.15. The first-order valence-electron chi connectivity index (χ1n) is 6.49. The smallest absolute Gasteiger partial charge is 0.248 e. The van der Waals surface area contributed by atoms with E-state index in [0.29, 0.717) is 0 Å². The molecular formula is C15H20N2O2. The summed E-state index contributed by atoms with van der Waals surface area (Å²) >= 11 is 0. The maximum Gasteiger partial charge on any atom is 0.248 e. The lowest BCUT2D eigenvalue weighted by atomic mass is 10.0. The van der Waals surface area contributed by atoms with E-state index in [0.717, 1.165) is 23.9 Å². The minimum absolute atomic E-state index is 0.0795. The van der Waals surface area contributed by atoms with Crippen LogP contribution >= 0.6 is 0 Å². The third kappa shape index (κ3) is 3.43. The van der Waals surface area contributed by atoms with Crippen molar-refractivity contribution in [1.82, 2.24) is 10.3 Å². The van der Waals surface area contributed by atoms with Crippen molar-refractivity contribution >= 4 is 10.9 Å². The van der Waals surface area contributed by atoms with E-state index < -0.39 is 0 Å². The van der Waals surface area contributed by atoms with Crippen molar-refractivity contribution in [3.63, 3.8) is 0 Å². The molecule has 0 spiro atoms. The number of hydrogen-bond acceptors (Lipinski definition) is 3. The van der Waals surface area contributed by atoms with Crippen LogP contribution in [0.5, 0.6) is 0 Å². The van der Waals surface area contributed by atoms with E-state index in [2.05, 4.69) is 16.4 Å². The van der Waals surface area contributed by atoms with Crippen molar-refractivity contribution in [2.75, 3.05) is 13.2 Å². The molecule has 19 heavy (non-hydrogen) atoms. The molecule has 0 aliphatic carbocycles. The van der Waals surface area contributed by atoms with Gasteiger partial charge in [0.1, 0.15) is 0 Å². The molecule has 1 heterocycles. The Morgan fingerprint density at radius 2 is 2.05 bits per heavy atom. The molecule has 0 radical (unpaired) electrons. The molecule has 3 N–H and O–H groups in total. The summed E-state index contributed by atoms with van der Waals surface area (Å²) in [4.78, 5) is 14.1. The second-order valence-electron chi connectivity index (χ2n) is 5.42. The van der Waals surface area contributed by atoms with Crippen molar-refractivity contribution in [3.8, 4) is 0 Å². The number of aromatic amines is 1. The molecule has 4 heteroatoms. The molecule has 2 rings (SSSR count). The maximum absolute atomic E-state index is 11.3. The Morgan fingerprint density at radius 1 is 1.26 bits per heavy atom. The average molecular weight is 260 g/mol. The lowest BCUT2D eigenvalue weighted by Crippen LogP contribution is -2.43. The fraction of sp³-hybridized carbons (Fsp3) is 0.400. The Labute approximate surface area is 112 Å². The van der Waals surface area contributed by atoms with E-state index in [1.807, 2.05) is 32.0 Å². The van der Waals surface area contributed by atoms with Gasteiger partial charge in [-0.1, -0.05) is 12.1 Å². The number of fused-ring (bicyclic) bond motifs is 1. The maximum atomic E-state index is 11.3. The first kappa shape index (κ1) is 13.8. The van der Waals surface area contributed by atoms with Crippen LogP contribution in [0.25, 0.3) is 10.9 Å². The number of H-pyrrole nitrogens is 1. The lowest BCUT2D eigenvalue weighted by molar-refractivity contribution is 0.189. The molecule has 0 unspecified atom stereocenters. The van der Waals surface area contributed by atoms with Crippen LogP contribution in [0.2, 0.25) is 0 Å². The fourth-order valence-electron chi connectivity index (χ4n) is 2.06. The molecule has 102 valence electrons. The number of pyridine rings is 1. The molecular weight excluding hydrogens is 240 g/mol. The van der Waals surface area contributed by atoms with Gasteiger partial charge in [-0.25, -0.2) is 0 Å². The van der Waals surface area contributed by atoms with E-state index in [1.165, 1.54) is 5.56 Å². The summed E-state index contributed by atoms with van der Waals surface area (Å²) in [6, 6.07) is 9.34. The molecule has 1 aromatic carbocycles. The molecule has 0 aliphatic heterocycles. The van der Waals surface area contributed by atoms with Crippen molar-refractivity contribution in [2.45, 2.75) is 25.8 Å². The van der Waals surface area contributed by atoms with Crippen molar-refractivity contribution < 1.29 is 5.11 Å². The van der Waals surface area contributed by atoms with Crippen LogP contribution in [0, 0.1) is 0 Å². The summed E-state index contributed by atoms with van der Waals surface area (Å²) in [7, 11) is 0. The number of aliphatic hydroxyl groups is 1. The highest BCUT2D eigenvalue weighted by molar-refractivity contribution is 5.81. The van der Waals surface area contributed by atoms with Crippen LogP contribution in [0.15, 0.2) is 35.1 Å². The first-order valence-corrected chi connectivity index (χ1v) is 6.49. The van der Waals surface area contributed by atoms with Crippen LogP contribution in [-0.2, 0) is 6.42 Å². The number of rotatable bonds is 5. The zero-order valence-corrected chi connectivity index (χ0v) is 11.4. The fourth-order valence-corrected chi connectivity index (χ4v) is 2.06. The summed E-state index contributed by atoms with van der Waals surface area (Å²) in [5, 5.41) is 13.6. The van der Waals surface area contributed by atoms with Gasteiger partial charge in [0.2, 0.25) is 5.56 Å². The van der Waals surface area contributed by atoms with Gasteiger partial charge in [-0.3, -0.25) is 4.79 Å². The molecule has 1 aromatic heterocycles. The zero-order valence-electron chi connectivity index (χ0n) is 11.4. The normalized spacial score (nSPS) is 11.9. The summed E-state index contributed by atoms with van der Waals surface area (Å²) in [6.45, 7) is 4.82. The largest absolute Gasteiger partial charge is 0.394 e. The summed E-state index contributed by atoms with van der Waals surface area (Å²) in [5.41, 5.74) is 1.71.